The molecule has 0 saturated carbocycles. The van der Waals surface area contributed by atoms with Crippen LogP contribution in [0.3, 0.4) is 0 Å². The van der Waals surface area contributed by atoms with Crippen LogP contribution >= 0.6 is 11.6 Å². The summed E-state index contributed by atoms with van der Waals surface area (Å²) in [7, 11) is -4.53. The third kappa shape index (κ3) is 10.2. The molecule has 2 N–H and O–H groups in total. The number of halogens is 1. The van der Waals surface area contributed by atoms with Gasteiger partial charge < -0.3 is 19.7 Å². The molecule has 4 aromatic rings. The third-order valence-corrected chi connectivity index (χ3v) is 12.8. The van der Waals surface area contributed by atoms with Gasteiger partial charge in [0.15, 0.2) is 0 Å². The van der Waals surface area contributed by atoms with Crippen molar-refractivity contribution in [3.63, 3.8) is 0 Å². The first-order valence-electron chi connectivity index (χ1n) is 19.7. The molecular weight excluding hydrogens is 780 g/mol. The molecule has 7 rings (SSSR count). The van der Waals surface area contributed by atoms with Gasteiger partial charge in [-0.1, -0.05) is 43.2 Å². The number of nitrogens with one attached hydrogen (secondary N) is 2. The topological polar surface area (TPSA) is 156 Å². The molecule has 3 aliphatic rings. The predicted molar refractivity (Wildman–Crippen MR) is 225 cm³/mol. The fourth-order valence-corrected chi connectivity index (χ4v) is 8.94. The fraction of sp³-hybridized carbons (Fsp3) is 0.395. The van der Waals surface area contributed by atoms with Gasteiger partial charge in [0.1, 0.15) is 17.2 Å². The van der Waals surface area contributed by atoms with E-state index in [0.29, 0.717) is 25.5 Å². The predicted octanol–water partition coefficient (Wildman–Crippen LogP) is 8.18. The molecule has 0 spiro atoms. The number of amides is 1. The minimum absolute atomic E-state index is 0.0269. The molecule has 13 nitrogen and oxygen atoms in total. The highest BCUT2D eigenvalue weighted by molar-refractivity contribution is 7.90. The Labute approximate surface area is 344 Å². The number of hydrogen-bond donors (Lipinski definition) is 2. The Kier molecular flexibility index (Phi) is 12.7. The van der Waals surface area contributed by atoms with Crippen molar-refractivity contribution in [2.75, 3.05) is 62.7 Å². The zero-order valence-corrected chi connectivity index (χ0v) is 34.4. The van der Waals surface area contributed by atoms with Crippen molar-refractivity contribution in [3.8, 4) is 11.5 Å². The minimum Gasteiger partial charge on any atom is -0.455 e. The van der Waals surface area contributed by atoms with Crippen LogP contribution in [0, 0.1) is 21.4 Å². The number of nitrogens with zero attached hydrogens (tertiary/aromatic N) is 4. The second-order valence-corrected chi connectivity index (χ2v) is 18.1. The largest absolute Gasteiger partial charge is 0.455 e. The number of hydrogen-bond acceptors (Lipinski definition) is 11. The molecule has 58 heavy (non-hydrogen) atoms. The van der Waals surface area contributed by atoms with E-state index >= 15 is 0 Å². The van der Waals surface area contributed by atoms with Crippen molar-refractivity contribution in [2.24, 2.45) is 11.3 Å². The van der Waals surface area contributed by atoms with Crippen LogP contribution in [0.25, 0.3) is 5.57 Å². The number of ether oxygens (including phenoxy) is 2. The molecule has 3 heterocycles. The van der Waals surface area contributed by atoms with Gasteiger partial charge in [0.25, 0.3) is 21.6 Å². The number of rotatable bonds is 13. The SMILES string of the molecule is CC1(C)CCC(CN2CCN(c3ccc(C(=O)NS(=O)(=O)c4ccc(NCC5CCOCC5)c([N+](=O)[O-])c4)c(Oc4cccnc4)c3)CC2)=C(c2ccc(Cl)cc2)C1. The maximum Gasteiger partial charge on any atom is 0.293 e. The Bertz CT molecular complexity index is 2260. The highest BCUT2D eigenvalue weighted by Crippen LogP contribution is 2.43. The molecule has 0 atom stereocenters. The molecule has 0 bridgehead atoms. The number of pyridine rings is 1. The number of anilines is 2. The van der Waals surface area contributed by atoms with Gasteiger partial charge in [-0.15, -0.1) is 0 Å². The van der Waals surface area contributed by atoms with E-state index in [2.05, 4.69) is 50.8 Å². The van der Waals surface area contributed by atoms with Crippen LogP contribution in [-0.4, -0.2) is 81.6 Å². The summed E-state index contributed by atoms with van der Waals surface area (Å²) >= 11 is 6.22. The van der Waals surface area contributed by atoms with E-state index in [9.17, 15) is 23.3 Å². The van der Waals surface area contributed by atoms with Crippen LogP contribution in [0.2, 0.25) is 5.02 Å². The standard InChI is InChI=1S/C43H49ClN6O7S/c1-43(2)16-13-32(38(26-43)31-5-7-33(44)8-6-31)29-48-18-20-49(21-19-48)34-9-11-37(41(24-34)57-35-4-3-17-45-28-35)42(51)47-58(54,55)36-10-12-39(40(25-36)50(52)53)46-27-30-14-22-56-23-15-30/h3-12,17,24-25,28,30,46H,13-16,18-23,26-27,29H2,1-2H3,(H,47,51). The summed E-state index contributed by atoms with van der Waals surface area (Å²) in [5, 5.41) is 15.8. The average Bonchev–Trinajstić information content (AvgIpc) is 3.21. The Morgan fingerprint density at radius 1 is 1.03 bits per heavy atom. The van der Waals surface area contributed by atoms with Crippen molar-refractivity contribution < 1.29 is 27.6 Å². The molecule has 2 saturated heterocycles. The summed E-state index contributed by atoms with van der Waals surface area (Å²) in [5.41, 5.74) is 4.93. The summed E-state index contributed by atoms with van der Waals surface area (Å²) in [4.78, 5) is 33.5. The normalized spacial score (nSPS) is 17.8. The monoisotopic (exact) mass is 828 g/mol. The lowest BCUT2D eigenvalue weighted by atomic mass is 9.72. The van der Waals surface area contributed by atoms with Crippen LogP contribution < -0.4 is 19.7 Å². The number of benzene rings is 3. The van der Waals surface area contributed by atoms with E-state index in [0.717, 1.165) is 81.6 Å². The van der Waals surface area contributed by atoms with Gasteiger partial charge in [0.2, 0.25) is 0 Å². The van der Waals surface area contributed by atoms with E-state index in [1.54, 1.807) is 30.5 Å². The molecule has 3 aromatic carbocycles. The quantitative estimate of drug-likeness (QED) is 0.0990. The summed E-state index contributed by atoms with van der Waals surface area (Å²) in [6.45, 7) is 10.4. The van der Waals surface area contributed by atoms with Crippen molar-refractivity contribution >= 4 is 50.2 Å². The van der Waals surface area contributed by atoms with Crippen molar-refractivity contribution in [3.05, 3.63) is 117 Å². The molecule has 2 fully saturated rings. The molecule has 0 unspecified atom stereocenters. The molecule has 1 aromatic heterocycles. The second-order valence-electron chi connectivity index (χ2n) is 16.0. The summed E-state index contributed by atoms with van der Waals surface area (Å²) < 4.78 is 40.7. The molecule has 306 valence electrons. The smallest absolute Gasteiger partial charge is 0.293 e. The Morgan fingerprint density at radius 3 is 2.50 bits per heavy atom. The number of allylic oxidation sites excluding steroid dienone is 1. The number of aromatic nitrogens is 1. The van der Waals surface area contributed by atoms with E-state index in [1.165, 1.54) is 41.1 Å². The number of sulfonamides is 1. The van der Waals surface area contributed by atoms with Crippen LogP contribution in [0.1, 0.15) is 61.9 Å². The molecule has 1 amide bonds. The van der Waals surface area contributed by atoms with Crippen molar-refractivity contribution in [1.29, 1.82) is 0 Å². The van der Waals surface area contributed by atoms with Gasteiger partial charge >= 0.3 is 0 Å². The number of piperazine rings is 1. The first-order chi connectivity index (χ1) is 27.8. The molecule has 1 aliphatic carbocycles. The number of nitro groups is 1. The van der Waals surface area contributed by atoms with Crippen molar-refractivity contribution in [1.82, 2.24) is 14.6 Å². The summed E-state index contributed by atoms with van der Waals surface area (Å²) in [6, 6.07) is 20.2. The van der Waals surface area contributed by atoms with Gasteiger partial charge in [-0.2, -0.15) is 0 Å². The lowest BCUT2D eigenvalue weighted by Crippen LogP contribution is -2.47. The number of carbonyl (C=O) groups is 1. The van der Waals surface area contributed by atoms with E-state index in [1.807, 2.05) is 12.1 Å². The maximum atomic E-state index is 13.7. The minimum atomic E-state index is -4.53. The van der Waals surface area contributed by atoms with Crippen LogP contribution in [0.15, 0.2) is 95.7 Å². The molecule has 2 aliphatic heterocycles. The van der Waals surface area contributed by atoms with E-state index in [-0.39, 0.29) is 28.3 Å². The van der Waals surface area contributed by atoms with E-state index in [4.69, 9.17) is 21.1 Å². The van der Waals surface area contributed by atoms with Crippen LogP contribution in [-0.2, 0) is 14.8 Å². The highest BCUT2D eigenvalue weighted by atomic mass is 35.5. The average molecular weight is 829 g/mol. The lowest BCUT2D eigenvalue weighted by Gasteiger charge is -2.39. The zero-order chi connectivity index (χ0) is 40.9. The Morgan fingerprint density at radius 2 is 1.79 bits per heavy atom. The van der Waals surface area contributed by atoms with Crippen LogP contribution in [0.4, 0.5) is 17.1 Å². The summed E-state index contributed by atoms with van der Waals surface area (Å²) in [5.74, 6) is -0.162. The van der Waals surface area contributed by atoms with Gasteiger partial charge in [0, 0.05) is 81.5 Å². The number of nitro benzene ring substituents is 1. The molecular formula is C43H49ClN6O7S. The maximum absolute atomic E-state index is 13.7. The highest BCUT2D eigenvalue weighted by Gasteiger charge is 2.30. The first-order valence-corrected chi connectivity index (χ1v) is 21.5. The second kappa shape index (κ2) is 17.9. The first kappa shape index (κ1) is 41.2. The lowest BCUT2D eigenvalue weighted by molar-refractivity contribution is -0.384. The van der Waals surface area contributed by atoms with Crippen LogP contribution in [0.5, 0.6) is 11.5 Å². The zero-order valence-electron chi connectivity index (χ0n) is 32.8. The fourth-order valence-electron chi connectivity index (χ4n) is 7.83. The van der Waals surface area contributed by atoms with Gasteiger partial charge in [-0.05, 0) is 103 Å². The van der Waals surface area contributed by atoms with Gasteiger partial charge in [0.05, 0.1) is 21.6 Å². The molecule has 15 heteroatoms. The number of carbonyl (C=O) groups excluding carboxylic acids is 1. The van der Waals surface area contributed by atoms with Gasteiger partial charge in [-0.3, -0.25) is 24.8 Å². The van der Waals surface area contributed by atoms with E-state index < -0.39 is 31.4 Å². The third-order valence-electron chi connectivity index (χ3n) is 11.2. The Balaban J connectivity index is 1.06. The van der Waals surface area contributed by atoms with Gasteiger partial charge in [-0.25, -0.2) is 13.1 Å². The van der Waals surface area contributed by atoms with Crippen molar-refractivity contribution in [2.45, 2.75) is 50.8 Å². The summed E-state index contributed by atoms with van der Waals surface area (Å²) in [6.07, 6.45) is 7.96. The molecule has 0 radical (unpaired) electrons. The Hall–Kier alpha value is -5.02.